The molecule has 1 aromatic heterocycles. The van der Waals surface area contributed by atoms with Gasteiger partial charge in [-0.3, -0.25) is 0 Å². The molecule has 1 heterocycles. The second-order valence-corrected chi connectivity index (χ2v) is 4.06. The van der Waals surface area contributed by atoms with E-state index >= 15 is 0 Å². The predicted octanol–water partition coefficient (Wildman–Crippen LogP) is 3.19. The number of pyridine rings is 1. The molecule has 0 spiro atoms. The fourth-order valence-electron chi connectivity index (χ4n) is 0.804. The minimum Gasteiger partial charge on any atom is -0.506 e. The van der Waals surface area contributed by atoms with Gasteiger partial charge in [-0.1, -0.05) is 15.9 Å². The van der Waals surface area contributed by atoms with Crippen LogP contribution in [0.2, 0.25) is 0 Å². The van der Waals surface area contributed by atoms with Gasteiger partial charge >= 0.3 is 6.36 Å². The van der Waals surface area contributed by atoms with Gasteiger partial charge in [0.15, 0.2) is 0 Å². The van der Waals surface area contributed by atoms with Crippen molar-refractivity contribution in [2.75, 3.05) is 0 Å². The van der Waals surface area contributed by atoms with Crippen molar-refractivity contribution in [1.82, 2.24) is 4.98 Å². The molecule has 0 amide bonds. The Labute approximate surface area is 105 Å². The summed E-state index contributed by atoms with van der Waals surface area (Å²) in [5, 5.41) is 9.50. The molecule has 0 fully saturated rings. The first-order valence-electron chi connectivity index (χ1n) is 3.53. The van der Waals surface area contributed by atoms with Gasteiger partial charge in [-0.05, 0) is 22.6 Å². The van der Waals surface area contributed by atoms with Crippen molar-refractivity contribution < 1.29 is 23.0 Å². The largest absolute Gasteiger partial charge is 0.574 e. The van der Waals surface area contributed by atoms with Crippen LogP contribution < -0.4 is 4.74 Å². The van der Waals surface area contributed by atoms with Crippen LogP contribution in [-0.4, -0.2) is 16.5 Å². The molecule has 0 atom stereocenters. The smallest absolute Gasteiger partial charge is 0.506 e. The molecule has 1 rings (SSSR count). The van der Waals surface area contributed by atoms with E-state index in [4.69, 9.17) is 0 Å². The lowest BCUT2D eigenvalue weighted by atomic mass is 10.3. The Hall–Kier alpha value is -0.250. The Morgan fingerprint density at radius 1 is 1.53 bits per heavy atom. The first kappa shape index (κ1) is 12.8. The molecular formula is C7H4BrF3INO2. The van der Waals surface area contributed by atoms with Crippen molar-refractivity contribution in [2.24, 2.45) is 0 Å². The number of rotatable bonds is 2. The number of halogens is 5. The van der Waals surface area contributed by atoms with E-state index in [0.29, 0.717) is 5.56 Å². The van der Waals surface area contributed by atoms with Crippen LogP contribution in [0.25, 0.3) is 0 Å². The van der Waals surface area contributed by atoms with E-state index in [1.807, 2.05) is 0 Å². The van der Waals surface area contributed by atoms with E-state index < -0.39 is 12.2 Å². The zero-order chi connectivity index (χ0) is 11.6. The first-order chi connectivity index (χ1) is 6.85. The maximum Gasteiger partial charge on any atom is 0.574 e. The summed E-state index contributed by atoms with van der Waals surface area (Å²) in [5.41, 5.74) is 0.310. The third-order valence-electron chi connectivity index (χ3n) is 1.41. The van der Waals surface area contributed by atoms with Crippen LogP contribution in [0.15, 0.2) is 6.20 Å². The average Bonchev–Trinajstić information content (AvgIpc) is 2.09. The highest BCUT2D eigenvalue weighted by molar-refractivity contribution is 14.1. The van der Waals surface area contributed by atoms with Crippen molar-refractivity contribution in [3.63, 3.8) is 0 Å². The number of hydrogen-bond donors (Lipinski definition) is 1. The summed E-state index contributed by atoms with van der Waals surface area (Å²) >= 11 is 4.67. The van der Waals surface area contributed by atoms with Crippen LogP contribution in [0.5, 0.6) is 11.6 Å². The number of hydrogen-bond acceptors (Lipinski definition) is 3. The number of aromatic hydroxyl groups is 1. The Balaban J connectivity index is 3.11. The summed E-state index contributed by atoms with van der Waals surface area (Å²) < 4.78 is 39.6. The van der Waals surface area contributed by atoms with Crippen molar-refractivity contribution in [3.05, 3.63) is 15.3 Å². The SMILES string of the molecule is Oc1cnc(OC(F)(F)F)c(I)c1CBr. The van der Waals surface area contributed by atoms with Gasteiger partial charge in [0.25, 0.3) is 0 Å². The summed E-state index contributed by atoms with van der Waals surface area (Å²) in [6.07, 6.45) is -3.87. The molecule has 3 nitrogen and oxygen atoms in total. The Morgan fingerprint density at radius 2 is 2.13 bits per heavy atom. The maximum absolute atomic E-state index is 11.9. The number of alkyl halides is 4. The van der Waals surface area contributed by atoms with E-state index in [0.717, 1.165) is 6.20 Å². The lowest BCUT2D eigenvalue weighted by molar-refractivity contribution is -0.276. The van der Waals surface area contributed by atoms with Gasteiger partial charge in [-0.25, -0.2) is 4.98 Å². The molecule has 0 unspecified atom stereocenters. The molecule has 0 aromatic carbocycles. The van der Waals surface area contributed by atoms with Crippen LogP contribution in [0, 0.1) is 3.57 Å². The van der Waals surface area contributed by atoms with Gasteiger partial charge in [0.05, 0.1) is 9.77 Å². The average molecular weight is 398 g/mol. The zero-order valence-electron chi connectivity index (χ0n) is 6.98. The third-order valence-corrected chi connectivity index (χ3v) is 3.09. The molecule has 1 N–H and O–H groups in total. The Kier molecular flexibility index (Phi) is 4.04. The zero-order valence-corrected chi connectivity index (χ0v) is 10.7. The van der Waals surface area contributed by atoms with E-state index in [1.54, 1.807) is 22.6 Å². The molecule has 0 aliphatic carbocycles. The van der Waals surface area contributed by atoms with Crippen molar-refractivity contribution in [3.8, 4) is 11.6 Å². The number of nitrogens with zero attached hydrogens (tertiary/aromatic N) is 1. The molecular weight excluding hydrogens is 394 g/mol. The standard InChI is InChI=1S/C7H4BrF3INO2/c8-1-3-4(14)2-13-6(5(3)12)15-7(9,10)11/h2,14H,1H2. The monoisotopic (exact) mass is 397 g/mol. The summed E-state index contributed by atoms with van der Waals surface area (Å²) in [6.45, 7) is 0. The molecule has 1 aromatic rings. The second-order valence-electron chi connectivity index (χ2n) is 2.42. The molecule has 15 heavy (non-hydrogen) atoms. The molecule has 0 radical (unpaired) electrons. The van der Waals surface area contributed by atoms with Crippen molar-refractivity contribution in [2.45, 2.75) is 11.7 Å². The molecule has 0 bridgehead atoms. The fraction of sp³-hybridized carbons (Fsp3) is 0.286. The quantitative estimate of drug-likeness (QED) is 0.615. The highest BCUT2D eigenvalue weighted by atomic mass is 127. The minimum absolute atomic E-state index is 0.127. The van der Waals surface area contributed by atoms with Gasteiger partial charge in [0.2, 0.25) is 5.88 Å². The van der Waals surface area contributed by atoms with Crippen LogP contribution in [0.1, 0.15) is 5.56 Å². The lowest BCUT2D eigenvalue weighted by Crippen LogP contribution is -2.19. The number of ether oxygens (including phenoxy) is 1. The summed E-state index contributed by atoms with van der Waals surface area (Å²) in [4.78, 5) is 3.35. The van der Waals surface area contributed by atoms with Crippen LogP contribution >= 0.6 is 38.5 Å². The Bertz CT molecular complexity index is 372. The van der Waals surface area contributed by atoms with Gasteiger partial charge < -0.3 is 9.84 Å². The van der Waals surface area contributed by atoms with Crippen LogP contribution in [0.3, 0.4) is 0 Å². The predicted molar refractivity (Wildman–Crippen MR) is 57.9 cm³/mol. The summed E-state index contributed by atoms with van der Waals surface area (Å²) in [6, 6.07) is 0. The van der Waals surface area contributed by atoms with Crippen molar-refractivity contribution >= 4 is 38.5 Å². The first-order valence-corrected chi connectivity index (χ1v) is 5.73. The van der Waals surface area contributed by atoms with Crippen molar-refractivity contribution in [1.29, 1.82) is 0 Å². The maximum atomic E-state index is 11.9. The van der Waals surface area contributed by atoms with Crippen LogP contribution in [0.4, 0.5) is 13.2 Å². The summed E-state index contributed by atoms with van der Waals surface area (Å²) in [7, 11) is 0. The van der Waals surface area contributed by atoms with Gasteiger partial charge in [0, 0.05) is 10.9 Å². The molecule has 0 saturated heterocycles. The number of aromatic nitrogens is 1. The fourth-order valence-corrected chi connectivity index (χ4v) is 2.61. The second kappa shape index (κ2) is 4.73. The third kappa shape index (κ3) is 3.37. The topological polar surface area (TPSA) is 42.4 Å². The van der Waals surface area contributed by atoms with E-state index in [9.17, 15) is 18.3 Å². The van der Waals surface area contributed by atoms with E-state index in [1.165, 1.54) is 0 Å². The molecule has 0 saturated carbocycles. The van der Waals surface area contributed by atoms with Crippen LogP contribution in [-0.2, 0) is 5.33 Å². The molecule has 8 heteroatoms. The van der Waals surface area contributed by atoms with Gasteiger partial charge in [0.1, 0.15) is 5.75 Å². The molecule has 84 valence electrons. The highest BCUT2D eigenvalue weighted by Crippen LogP contribution is 2.33. The van der Waals surface area contributed by atoms with E-state index in [-0.39, 0.29) is 14.6 Å². The Morgan fingerprint density at radius 3 is 2.60 bits per heavy atom. The lowest BCUT2D eigenvalue weighted by Gasteiger charge is -2.11. The summed E-state index contributed by atoms with van der Waals surface area (Å²) in [5.74, 6) is -0.735. The van der Waals surface area contributed by atoms with Gasteiger partial charge in [-0.2, -0.15) is 0 Å². The molecule has 0 aliphatic heterocycles. The minimum atomic E-state index is -4.78. The normalized spacial score (nSPS) is 11.5. The van der Waals surface area contributed by atoms with E-state index in [2.05, 4.69) is 25.7 Å². The highest BCUT2D eigenvalue weighted by Gasteiger charge is 2.33. The molecule has 0 aliphatic rings. The van der Waals surface area contributed by atoms with Gasteiger partial charge in [-0.15, -0.1) is 13.2 Å².